The fourth-order valence-corrected chi connectivity index (χ4v) is 2.18. The maximum atomic E-state index is 12.5. The van der Waals surface area contributed by atoms with Gasteiger partial charge in [-0.3, -0.25) is 9.59 Å². The topological polar surface area (TPSA) is 55.8 Å². The molecular formula is C16H22BrNO4. The highest BCUT2D eigenvalue weighted by atomic mass is 79.9. The Balaban J connectivity index is 2.67. The SMILES string of the molecule is CCOCCCN(CCC(=O)OC)C(=O)c1ccc(Br)cc1. The highest BCUT2D eigenvalue weighted by molar-refractivity contribution is 9.10. The molecule has 1 amide bonds. The van der Waals surface area contributed by atoms with Crippen molar-refractivity contribution >= 4 is 27.8 Å². The molecule has 22 heavy (non-hydrogen) atoms. The predicted octanol–water partition coefficient (Wildman–Crippen LogP) is 2.88. The molecule has 0 radical (unpaired) electrons. The van der Waals surface area contributed by atoms with Gasteiger partial charge in [-0.1, -0.05) is 15.9 Å². The van der Waals surface area contributed by atoms with Gasteiger partial charge in [0.25, 0.3) is 5.91 Å². The number of esters is 1. The molecule has 0 bridgehead atoms. The minimum Gasteiger partial charge on any atom is -0.469 e. The Morgan fingerprint density at radius 3 is 2.45 bits per heavy atom. The Morgan fingerprint density at radius 2 is 1.86 bits per heavy atom. The molecule has 0 spiro atoms. The molecule has 0 fully saturated rings. The van der Waals surface area contributed by atoms with Crippen LogP contribution in [0, 0.1) is 0 Å². The Bertz CT molecular complexity index is 476. The van der Waals surface area contributed by atoms with Crippen molar-refractivity contribution in [1.82, 2.24) is 4.90 Å². The lowest BCUT2D eigenvalue weighted by molar-refractivity contribution is -0.140. The number of nitrogens with zero attached hydrogens (tertiary/aromatic N) is 1. The van der Waals surface area contributed by atoms with Crippen molar-refractivity contribution in [2.24, 2.45) is 0 Å². The van der Waals surface area contributed by atoms with Gasteiger partial charge in [0.15, 0.2) is 0 Å². The van der Waals surface area contributed by atoms with Crippen molar-refractivity contribution in [1.29, 1.82) is 0 Å². The van der Waals surface area contributed by atoms with Gasteiger partial charge < -0.3 is 14.4 Å². The summed E-state index contributed by atoms with van der Waals surface area (Å²) >= 11 is 3.35. The standard InChI is InChI=1S/C16H22BrNO4/c1-3-22-12-4-10-18(11-9-15(19)21-2)16(20)13-5-7-14(17)8-6-13/h5-8H,3-4,9-12H2,1-2H3. The number of halogens is 1. The molecule has 0 saturated carbocycles. The lowest BCUT2D eigenvalue weighted by Crippen LogP contribution is -2.34. The third kappa shape index (κ3) is 6.58. The van der Waals surface area contributed by atoms with Crippen LogP contribution in [0.4, 0.5) is 0 Å². The smallest absolute Gasteiger partial charge is 0.307 e. The van der Waals surface area contributed by atoms with Gasteiger partial charge in [0.05, 0.1) is 13.5 Å². The number of amides is 1. The van der Waals surface area contributed by atoms with Crippen LogP contribution in [0.25, 0.3) is 0 Å². The van der Waals surface area contributed by atoms with E-state index in [9.17, 15) is 9.59 Å². The average Bonchev–Trinajstić information content (AvgIpc) is 2.54. The molecule has 1 rings (SSSR count). The summed E-state index contributed by atoms with van der Waals surface area (Å²) in [5, 5.41) is 0. The van der Waals surface area contributed by atoms with Crippen LogP contribution >= 0.6 is 15.9 Å². The predicted molar refractivity (Wildman–Crippen MR) is 87.8 cm³/mol. The lowest BCUT2D eigenvalue weighted by Gasteiger charge is -2.22. The first-order valence-corrected chi connectivity index (χ1v) is 8.07. The highest BCUT2D eigenvalue weighted by Crippen LogP contribution is 2.13. The molecule has 0 aliphatic rings. The van der Waals surface area contributed by atoms with E-state index in [1.807, 2.05) is 19.1 Å². The van der Waals surface area contributed by atoms with Crippen LogP contribution in [-0.4, -0.2) is 50.2 Å². The van der Waals surface area contributed by atoms with E-state index in [2.05, 4.69) is 20.7 Å². The molecule has 0 aliphatic heterocycles. The molecule has 0 heterocycles. The van der Waals surface area contributed by atoms with Crippen LogP contribution in [0.5, 0.6) is 0 Å². The number of benzene rings is 1. The normalized spacial score (nSPS) is 10.3. The molecule has 0 unspecified atom stereocenters. The van der Waals surface area contributed by atoms with Crippen LogP contribution in [0.2, 0.25) is 0 Å². The third-order valence-corrected chi connectivity index (χ3v) is 3.64. The number of carbonyl (C=O) groups excluding carboxylic acids is 2. The Morgan fingerprint density at radius 1 is 1.18 bits per heavy atom. The van der Waals surface area contributed by atoms with Crippen molar-refractivity contribution in [2.45, 2.75) is 19.8 Å². The number of methoxy groups -OCH3 is 1. The zero-order valence-corrected chi connectivity index (χ0v) is 14.6. The zero-order valence-electron chi connectivity index (χ0n) is 13.0. The molecule has 1 aromatic rings. The van der Waals surface area contributed by atoms with E-state index < -0.39 is 0 Å². The summed E-state index contributed by atoms with van der Waals surface area (Å²) in [7, 11) is 1.35. The number of carbonyl (C=O) groups is 2. The van der Waals surface area contributed by atoms with Crippen molar-refractivity contribution in [3.8, 4) is 0 Å². The van der Waals surface area contributed by atoms with Crippen molar-refractivity contribution in [2.75, 3.05) is 33.4 Å². The van der Waals surface area contributed by atoms with Gasteiger partial charge in [-0.25, -0.2) is 0 Å². The van der Waals surface area contributed by atoms with E-state index in [-0.39, 0.29) is 18.3 Å². The zero-order chi connectivity index (χ0) is 16.4. The first kappa shape index (κ1) is 18.6. The molecule has 0 aliphatic carbocycles. The molecule has 0 aromatic heterocycles. The second kappa shape index (κ2) is 10.3. The second-order valence-electron chi connectivity index (χ2n) is 4.68. The monoisotopic (exact) mass is 371 g/mol. The van der Waals surface area contributed by atoms with E-state index in [4.69, 9.17) is 4.74 Å². The van der Waals surface area contributed by atoms with Crippen LogP contribution in [0.15, 0.2) is 28.7 Å². The van der Waals surface area contributed by atoms with Crippen LogP contribution < -0.4 is 0 Å². The fourth-order valence-electron chi connectivity index (χ4n) is 1.92. The Labute approximate surface area is 139 Å². The van der Waals surface area contributed by atoms with Gasteiger partial charge in [-0.2, -0.15) is 0 Å². The second-order valence-corrected chi connectivity index (χ2v) is 5.59. The minimum atomic E-state index is -0.321. The molecular weight excluding hydrogens is 350 g/mol. The fraction of sp³-hybridized carbons (Fsp3) is 0.500. The number of hydrogen-bond acceptors (Lipinski definition) is 4. The van der Waals surface area contributed by atoms with E-state index >= 15 is 0 Å². The molecule has 122 valence electrons. The summed E-state index contributed by atoms with van der Waals surface area (Å²) in [6.45, 7) is 4.07. The third-order valence-electron chi connectivity index (χ3n) is 3.11. The maximum Gasteiger partial charge on any atom is 0.307 e. The average molecular weight is 372 g/mol. The van der Waals surface area contributed by atoms with Gasteiger partial charge in [-0.05, 0) is 37.6 Å². The van der Waals surface area contributed by atoms with E-state index in [1.54, 1.807) is 17.0 Å². The van der Waals surface area contributed by atoms with Gasteiger partial charge in [0.1, 0.15) is 0 Å². The highest BCUT2D eigenvalue weighted by Gasteiger charge is 2.16. The first-order chi connectivity index (χ1) is 10.6. The quantitative estimate of drug-likeness (QED) is 0.494. The van der Waals surface area contributed by atoms with Crippen LogP contribution in [0.3, 0.4) is 0 Å². The Kier molecular flexibility index (Phi) is 8.77. The summed E-state index contributed by atoms with van der Waals surface area (Å²) in [6, 6.07) is 7.18. The summed E-state index contributed by atoms with van der Waals surface area (Å²) in [5.41, 5.74) is 0.601. The number of hydrogen-bond donors (Lipinski definition) is 0. The summed E-state index contributed by atoms with van der Waals surface area (Å²) in [5.74, 6) is -0.411. The van der Waals surface area contributed by atoms with Crippen molar-refractivity contribution in [3.05, 3.63) is 34.3 Å². The summed E-state index contributed by atoms with van der Waals surface area (Å²) < 4.78 is 10.9. The first-order valence-electron chi connectivity index (χ1n) is 7.28. The van der Waals surface area contributed by atoms with Gasteiger partial charge in [0, 0.05) is 36.3 Å². The van der Waals surface area contributed by atoms with Crippen molar-refractivity contribution < 1.29 is 19.1 Å². The lowest BCUT2D eigenvalue weighted by atomic mass is 10.2. The molecule has 0 saturated heterocycles. The molecule has 0 atom stereocenters. The van der Waals surface area contributed by atoms with Crippen LogP contribution in [-0.2, 0) is 14.3 Å². The van der Waals surface area contributed by atoms with E-state index in [0.29, 0.717) is 31.9 Å². The van der Waals surface area contributed by atoms with Gasteiger partial charge >= 0.3 is 5.97 Å². The molecule has 1 aromatic carbocycles. The van der Waals surface area contributed by atoms with Crippen LogP contribution in [0.1, 0.15) is 30.1 Å². The van der Waals surface area contributed by atoms with E-state index in [0.717, 1.165) is 10.9 Å². The number of rotatable bonds is 9. The largest absolute Gasteiger partial charge is 0.469 e. The van der Waals surface area contributed by atoms with Crippen molar-refractivity contribution in [3.63, 3.8) is 0 Å². The Hall–Kier alpha value is -1.40. The van der Waals surface area contributed by atoms with Gasteiger partial charge in [0.2, 0.25) is 0 Å². The maximum absolute atomic E-state index is 12.5. The van der Waals surface area contributed by atoms with Gasteiger partial charge in [-0.15, -0.1) is 0 Å². The molecule has 0 N–H and O–H groups in total. The van der Waals surface area contributed by atoms with E-state index in [1.165, 1.54) is 7.11 Å². The summed E-state index contributed by atoms with van der Waals surface area (Å²) in [4.78, 5) is 25.5. The number of ether oxygens (including phenoxy) is 2. The molecule has 5 nitrogen and oxygen atoms in total. The summed E-state index contributed by atoms with van der Waals surface area (Å²) in [6.07, 6.45) is 0.921. The minimum absolute atomic E-state index is 0.0899. The molecule has 6 heteroatoms.